The number of hydrogen-bond acceptors (Lipinski definition) is 4. The zero-order valence-electron chi connectivity index (χ0n) is 14.0. The van der Waals surface area contributed by atoms with Crippen LogP contribution >= 0.6 is 11.6 Å². The van der Waals surface area contributed by atoms with Crippen molar-refractivity contribution < 1.29 is 9.53 Å². The van der Waals surface area contributed by atoms with Crippen LogP contribution in [0.5, 0.6) is 5.75 Å². The van der Waals surface area contributed by atoms with Gasteiger partial charge in [-0.1, -0.05) is 11.6 Å². The van der Waals surface area contributed by atoms with E-state index in [-0.39, 0.29) is 5.91 Å². The Balaban J connectivity index is 1.28. The number of piperazine rings is 1. The molecule has 2 aliphatic rings. The number of hydrogen-bond donors (Lipinski definition) is 1. The Bertz CT molecular complexity index is 526. The summed E-state index contributed by atoms with van der Waals surface area (Å²) in [6.07, 6.45) is 2.63. The van der Waals surface area contributed by atoms with E-state index in [1.807, 2.05) is 29.2 Å². The van der Waals surface area contributed by atoms with Gasteiger partial charge in [-0.2, -0.15) is 0 Å². The predicted molar refractivity (Wildman–Crippen MR) is 95.6 cm³/mol. The number of nitrogens with zero attached hydrogens (tertiary/aromatic N) is 2. The molecule has 6 heteroatoms. The molecule has 0 spiro atoms. The fourth-order valence-corrected chi connectivity index (χ4v) is 2.99. The van der Waals surface area contributed by atoms with Crippen molar-refractivity contribution in [3.05, 3.63) is 29.3 Å². The Morgan fingerprint density at radius 1 is 1.17 bits per heavy atom. The smallest absolute Gasteiger partial charge is 0.236 e. The van der Waals surface area contributed by atoms with E-state index in [1.165, 1.54) is 12.8 Å². The third-order valence-electron chi connectivity index (χ3n) is 4.62. The maximum atomic E-state index is 12.1. The summed E-state index contributed by atoms with van der Waals surface area (Å²) in [5, 5.41) is 4.00. The van der Waals surface area contributed by atoms with Gasteiger partial charge in [0.15, 0.2) is 0 Å². The third-order valence-corrected chi connectivity index (χ3v) is 4.87. The second-order valence-corrected chi connectivity index (χ2v) is 7.04. The second-order valence-electron chi connectivity index (χ2n) is 6.60. The van der Waals surface area contributed by atoms with E-state index in [1.54, 1.807) is 0 Å². The predicted octanol–water partition coefficient (Wildman–Crippen LogP) is 1.86. The molecule has 1 heterocycles. The van der Waals surface area contributed by atoms with E-state index in [0.717, 1.165) is 56.0 Å². The van der Waals surface area contributed by atoms with Crippen molar-refractivity contribution >= 4 is 17.5 Å². The molecule has 1 aliphatic carbocycles. The molecule has 1 saturated carbocycles. The standard InChI is InChI=1S/C18H26ClN3O2/c19-16-3-5-17(6-4-16)24-12-11-21-7-9-22(10-8-21)18(23)14-20-13-15-1-2-15/h3-6,15,20H,1-2,7-14H2. The van der Waals surface area contributed by atoms with Crippen LogP contribution in [0.25, 0.3) is 0 Å². The highest BCUT2D eigenvalue weighted by Gasteiger charge is 2.23. The van der Waals surface area contributed by atoms with E-state index >= 15 is 0 Å². The van der Waals surface area contributed by atoms with Gasteiger partial charge in [-0.3, -0.25) is 9.69 Å². The van der Waals surface area contributed by atoms with Gasteiger partial charge in [-0.05, 0) is 49.6 Å². The van der Waals surface area contributed by atoms with Gasteiger partial charge in [-0.15, -0.1) is 0 Å². The first-order valence-electron chi connectivity index (χ1n) is 8.80. The van der Waals surface area contributed by atoms with Crippen LogP contribution in [0.1, 0.15) is 12.8 Å². The van der Waals surface area contributed by atoms with Gasteiger partial charge in [0, 0.05) is 37.7 Å². The molecule has 1 N–H and O–H groups in total. The number of ether oxygens (including phenoxy) is 1. The lowest BCUT2D eigenvalue weighted by molar-refractivity contribution is -0.132. The fraction of sp³-hybridized carbons (Fsp3) is 0.611. The van der Waals surface area contributed by atoms with Crippen molar-refractivity contribution in [2.24, 2.45) is 5.92 Å². The molecule has 2 fully saturated rings. The lowest BCUT2D eigenvalue weighted by Gasteiger charge is -2.34. The van der Waals surface area contributed by atoms with E-state index in [0.29, 0.717) is 13.2 Å². The minimum atomic E-state index is 0.229. The number of halogens is 1. The SMILES string of the molecule is O=C(CNCC1CC1)N1CCN(CCOc2ccc(Cl)cc2)CC1. The highest BCUT2D eigenvalue weighted by molar-refractivity contribution is 6.30. The largest absolute Gasteiger partial charge is 0.492 e. The summed E-state index contributed by atoms with van der Waals surface area (Å²) < 4.78 is 5.73. The van der Waals surface area contributed by atoms with Crippen LogP contribution in [-0.2, 0) is 4.79 Å². The molecule has 1 aromatic carbocycles. The molecule has 1 amide bonds. The highest BCUT2D eigenvalue weighted by Crippen LogP contribution is 2.27. The maximum Gasteiger partial charge on any atom is 0.236 e. The summed E-state index contributed by atoms with van der Waals surface area (Å²) in [7, 11) is 0. The molecule has 0 atom stereocenters. The van der Waals surface area contributed by atoms with Crippen LogP contribution in [0.15, 0.2) is 24.3 Å². The van der Waals surface area contributed by atoms with Crippen molar-refractivity contribution in [3.63, 3.8) is 0 Å². The lowest BCUT2D eigenvalue weighted by Crippen LogP contribution is -2.51. The summed E-state index contributed by atoms with van der Waals surface area (Å²) in [6.45, 7) is 6.46. The zero-order chi connectivity index (χ0) is 16.8. The zero-order valence-corrected chi connectivity index (χ0v) is 14.8. The fourth-order valence-electron chi connectivity index (χ4n) is 2.86. The molecule has 132 valence electrons. The van der Waals surface area contributed by atoms with Crippen LogP contribution < -0.4 is 10.1 Å². The van der Waals surface area contributed by atoms with Gasteiger partial charge in [0.05, 0.1) is 6.54 Å². The molecule has 5 nitrogen and oxygen atoms in total. The summed E-state index contributed by atoms with van der Waals surface area (Å²) >= 11 is 5.86. The molecule has 24 heavy (non-hydrogen) atoms. The van der Waals surface area contributed by atoms with Crippen molar-refractivity contribution in [2.45, 2.75) is 12.8 Å². The summed E-state index contributed by atoms with van der Waals surface area (Å²) in [5.74, 6) is 1.89. The molecule has 0 bridgehead atoms. The number of benzene rings is 1. The second kappa shape index (κ2) is 8.70. The minimum absolute atomic E-state index is 0.229. The monoisotopic (exact) mass is 351 g/mol. The average Bonchev–Trinajstić information content (AvgIpc) is 3.41. The maximum absolute atomic E-state index is 12.1. The quantitative estimate of drug-likeness (QED) is 0.776. The summed E-state index contributed by atoms with van der Waals surface area (Å²) in [6, 6.07) is 7.43. The number of carbonyl (C=O) groups excluding carboxylic acids is 1. The Morgan fingerprint density at radius 2 is 1.88 bits per heavy atom. The molecule has 1 saturated heterocycles. The van der Waals surface area contributed by atoms with Crippen LogP contribution in [0.3, 0.4) is 0 Å². The Labute approximate surface area is 148 Å². The van der Waals surface area contributed by atoms with Gasteiger partial charge in [0.2, 0.25) is 5.91 Å². The van der Waals surface area contributed by atoms with E-state index in [4.69, 9.17) is 16.3 Å². The molecule has 0 unspecified atom stereocenters. The van der Waals surface area contributed by atoms with Crippen molar-refractivity contribution in [1.82, 2.24) is 15.1 Å². The summed E-state index contributed by atoms with van der Waals surface area (Å²) in [4.78, 5) is 16.5. The first-order valence-corrected chi connectivity index (χ1v) is 9.18. The molecule has 1 aliphatic heterocycles. The Morgan fingerprint density at radius 3 is 2.54 bits per heavy atom. The summed E-state index contributed by atoms with van der Waals surface area (Å²) in [5.41, 5.74) is 0. The van der Waals surface area contributed by atoms with Crippen molar-refractivity contribution in [3.8, 4) is 5.75 Å². The Hall–Kier alpha value is -1.30. The number of nitrogens with one attached hydrogen (secondary N) is 1. The number of carbonyl (C=O) groups is 1. The Kier molecular flexibility index (Phi) is 6.35. The minimum Gasteiger partial charge on any atom is -0.492 e. The van der Waals surface area contributed by atoms with Gasteiger partial charge >= 0.3 is 0 Å². The normalized spacial score (nSPS) is 18.6. The van der Waals surface area contributed by atoms with Crippen LogP contribution in [0, 0.1) is 5.92 Å². The van der Waals surface area contributed by atoms with E-state index < -0.39 is 0 Å². The van der Waals surface area contributed by atoms with Crippen LogP contribution in [0.4, 0.5) is 0 Å². The topological polar surface area (TPSA) is 44.8 Å². The molecule has 0 aromatic heterocycles. The number of amides is 1. The average molecular weight is 352 g/mol. The lowest BCUT2D eigenvalue weighted by atomic mass is 10.3. The van der Waals surface area contributed by atoms with E-state index in [2.05, 4.69) is 10.2 Å². The van der Waals surface area contributed by atoms with Gasteiger partial charge in [-0.25, -0.2) is 0 Å². The highest BCUT2D eigenvalue weighted by atomic mass is 35.5. The van der Waals surface area contributed by atoms with Gasteiger partial charge in [0.25, 0.3) is 0 Å². The number of rotatable bonds is 8. The first-order chi connectivity index (χ1) is 11.7. The molecule has 0 radical (unpaired) electrons. The van der Waals surface area contributed by atoms with Gasteiger partial charge in [0.1, 0.15) is 12.4 Å². The van der Waals surface area contributed by atoms with E-state index in [9.17, 15) is 4.79 Å². The van der Waals surface area contributed by atoms with Crippen molar-refractivity contribution in [2.75, 3.05) is 52.4 Å². The van der Waals surface area contributed by atoms with Crippen LogP contribution in [-0.4, -0.2) is 68.1 Å². The molecular formula is C18H26ClN3O2. The molecular weight excluding hydrogens is 326 g/mol. The van der Waals surface area contributed by atoms with Crippen molar-refractivity contribution in [1.29, 1.82) is 0 Å². The third kappa shape index (κ3) is 5.65. The van der Waals surface area contributed by atoms with Crippen LogP contribution in [0.2, 0.25) is 5.02 Å². The molecule has 1 aromatic rings. The van der Waals surface area contributed by atoms with Gasteiger partial charge < -0.3 is 15.0 Å². The molecule has 3 rings (SSSR count). The first kappa shape index (κ1) is 17.5.